The quantitative estimate of drug-likeness (QED) is 0.0898. The monoisotopic (exact) mass is 695 g/mol. The molecule has 0 aliphatic rings. The lowest BCUT2D eigenvalue weighted by Gasteiger charge is -2.09. The highest BCUT2D eigenvalue weighted by Gasteiger charge is 2.06. The molecule has 0 spiro atoms. The molecule has 8 heteroatoms. The van der Waals surface area contributed by atoms with Gasteiger partial charge in [0.1, 0.15) is 30.5 Å². The molecule has 0 saturated heterocycles. The Kier molecular flexibility index (Phi) is 19.2. The topological polar surface area (TPSA) is 110 Å². The minimum atomic E-state index is -0.924. The first-order valence-electron chi connectivity index (χ1n) is 17.6. The number of aromatic carboxylic acids is 1. The van der Waals surface area contributed by atoms with Crippen LogP contribution >= 0.6 is 0 Å². The van der Waals surface area contributed by atoms with Crippen molar-refractivity contribution in [1.29, 1.82) is 0 Å². The zero-order valence-electron chi connectivity index (χ0n) is 31.8. The van der Waals surface area contributed by atoms with E-state index < -0.39 is 5.97 Å². The average molecular weight is 696 g/mol. The fourth-order valence-corrected chi connectivity index (χ4v) is 4.74. The van der Waals surface area contributed by atoms with Crippen LogP contribution in [-0.4, -0.2) is 48.3 Å². The molecule has 51 heavy (non-hydrogen) atoms. The van der Waals surface area contributed by atoms with Crippen molar-refractivity contribution in [3.63, 3.8) is 0 Å². The Bertz CT molecular complexity index is 1620. The Balaban J connectivity index is 0.000000389. The van der Waals surface area contributed by atoms with Crippen molar-refractivity contribution in [3.05, 3.63) is 130 Å². The van der Waals surface area contributed by atoms with Crippen LogP contribution in [0.15, 0.2) is 107 Å². The highest BCUT2D eigenvalue weighted by atomic mass is 16.5. The molecule has 0 unspecified atom stereocenters. The van der Waals surface area contributed by atoms with Gasteiger partial charge in [-0.1, -0.05) is 34.4 Å². The van der Waals surface area contributed by atoms with E-state index in [2.05, 4.69) is 81.5 Å². The normalized spacial score (nSPS) is 11.1. The summed E-state index contributed by atoms with van der Waals surface area (Å²) in [6.07, 6.45) is 12.8. The van der Waals surface area contributed by atoms with Crippen molar-refractivity contribution >= 4 is 17.7 Å². The van der Waals surface area contributed by atoms with Crippen molar-refractivity contribution in [2.45, 2.75) is 81.1 Å². The number of hydrogen-bond donors (Lipinski definition) is 3. The number of rotatable bonds is 18. The molecule has 0 aliphatic heterocycles. The van der Waals surface area contributed by atoms with Crippen LogP contribution in [0.25, 0.3) is 0 Å². The number of anilines is 1. The van der Waals surface area contributed by atoms with Gasteiger partial charge >= 0.3 is 5.97 Å². The Hall–Kier alpha value is -5.11. The molecule has 0 radical (unpaired) electrons. The molecule has 0 atom stereocenters. The number of allylic oxidation sites excluding steroid dienone is 6. The third-order valence-electron chi connectivity index (χ3n) is 7.58. The minimum Gasteiger partial charge on any atom is -0.490 e. The average Bonchev–Trinajstić information content (AvgIpc) is 3.07. The van der Waals surface area contributed by atoms with Gasteiger partial charge in [0.15, 0.2) is 0 Å². The summed E-state index contributed by atoms with van der Waals surface area (Å²) in [6, 6.07) is 17.7. The minimum absolute atomic E-state index is 0.100. The molecule has 0 aliphatic carbocycles. The first-order chi connectivity index (χ1) is 24.3. The summed E-state index contributed by atoms with van der Waals surface area (Å²) in [5.74, 6) is 1.24. The maximum absolute atomic E-state index is 12.3. The van der Waals surface area contributed by atoms with E-state index in [1.807, 2.05) is 38.1 Å². The van der Waals surface area contributed by atoms with Crippen molar-refractivity contribution in [2.75, 3.05) is 31.6 Å². The van der Waals surface area contributed by atoms with Crippen LogP contribution < -0.4 is 20.1 Å². The number of hydrogen-bond acceptors (Lipinski definition) is 6. The molecule has 3 N–H and O–H groups in total. The number of ether oxygens (including phenoxy) is 2. The van der Waals surface area contributed by atoms with Gasteiger partial charge in [-0.3, -0.25) is 4.79 Å². The van der Waals surface area contributed by atoms with Gasteiger partial charge in [0, 0.05) is 24.3 Å². The number of carboxylic acid groups (broad SMARTS) is 1. The van der Waals surface area contributed by atoms with Gasteiger partial charge in [-0.2, -0.15) is 0 Å². The molecular weight excluding hydrogens is 638 g/mol. The highest BCUT2D eigenvalue weighted by Crippen LogP contribution is 2.15. The van der Waals surface area contributed by atoms with Gasteiger partial charge in [-0.25, -0.2) is 9.78 Å². The number of pyridine rings is 1. The van der Waals surface area contributed by atoms with Gasteiger partial charge in [0.05, 0.1) is 5.56 Å². The summed E-state index contributed by atoms with van der Waals surface area (Å²) in [5, 5.41) is 14.9. The number of nitrogens with one attached hydrogen (secondary N) is 2. The van der Waals surface area contributed by atoms with E-state index in [1.54, 1.807) is 36.4 Å². The summed E-state index contributed by atoms with van der Waals surface area (Å²) < 4.78 is 11.3. The molecule has 0 saturated carbocycles. The van der Waals surface area contributed by atoms with Crippen LogP contribution in [0.1, 0.15) is 99.2 Å². The molecule has 1 heterocycles. The van der Waals surface area contributed by atoms with Crippen molar-refractivity contribution < 1.29 is 24.2 Å². The standard InChI is InChI=1S/C26H35N3O2.C17H22O3/c1-19(2)7-6-8-20(3)13-16-31-24-11-9-23(10-12-24)26(30)28-15-14-27-25-18-21(4)17-22(5)29-25;1-13(2)5-4-6-14(3)11-12-20-16-9-7-15(8-10-16)17(18)19/h7,9-13,17-18H,6,8,14-16H2,1-5H3,(H,27,29)(H,28,30);5,7-11H,4,6,12H2,1-3H3,(H,18,19)/b20-13+;14-11+. The smallest absolute Gasteiger partial charge is 0.335 e. The van der Waals surface area contributed by atoms with Gasteiger partial charge in [-0.15, -0.1) is 0 Å². The number of carbonyl (C=O) groups excluding carboxylic acids is 1. The molecule has 8 nitrogen and oxygen atoms in total. The van der Waals surface area contributed by atoms with Crippen LogP contribution in [0.4, 0.5) is 5.82 Å². The maximum atomic E-state index is 12.3. The van der Waals surface area contributed by atoms with Gasteiger partial charge in [0.25, 0.3) is 5.91 Å². The SMILES string of the molecule is CC(C)=CCC/C(C)=C/COc1ccc(C(=O)NCCNc2cc(C)cc(C)n2)cc1.CC(C)=CCC/C(C)=C/COc1ccc(C(=O)O)cc1. The lowest BCUT2D eigenvalue weighted by atomic mass is 10.1. The molecule has 274 valence electrons. The number of nitrogens with zero attached hydrogens (tertiary/aromatic N) is 1. The second-order valence-corrected chi connectivity index (χ2v) is 13.1. The Morgan fingerprint density at radius 1 is 0.686 bits per heavy atom. The van der Waals surface area contributed by atoms with Crippen LogP contribution in [0, 0.1) is 13.8 Å². The van der Waals surface area contributed by atoms with E-state index in [0.717, 1.165) is 48.5 Å². The molecule has 0 bridgehead atoms. The number of aryl methyl sites for hydroxylation is 2. The predicted molar refractivity (Wildman–Crippen MR) is 210 cm³/mol. The van der Waals surface area contributed by atoms with Crippen LogP contribution in [-0.2, 0) is 0 Å². The third kappa shape index (κ3) is 19.0. The summed E-state index contributed by atoms with van der Waals surface area (Å²) in [5.41, 5.74) is 8.33. The molecule has 2 aromatic carbocycles. The lowest BCUT2D eigenvalue weighted by molar-refractivity contribution is 0.0696. The molecule has 0 fully saturated rings. The van der Waals surface area contributed by atoms with E-state index in [0.29, 0.717) is 37.6 Å². The Labute approximate surface area is 305 Å². The van der Waals surface area contributed by atoms with E-state index >= 15 is 0 Å². The van der Waals surface area contributed by atoms with Gasteiger partial charge in [0.2, 0.25) is 0 Å². The van der Waals surface area contributed by atoms with E-state index in [1.165, 1.54) is 22.3 Å². The third-order valence-corrected chi connectivity index (χ3v) is 7.58. The number of amides is 1. The number of benzene rings is 2. The van der Waals surface area contributed by atoms with Gasteiger partial charge in [-0.05, 0) is 159 Å². The van der Waals surface area contributed by atoms with Crippen molar-refractivity contribution in [1.82, 2.24) is 10.3 Å². The zero-order chi connectivity index (χ0) is 37.6. The second kappa shape index (κ2) is 23.3. The zero-order valence-corrected chi connectivity index (χ0v) is 31.8. The van der Waals surface area contributed by atoms with Crippen molar-refractivity contribution in [3.8, 4) is 11.5 Å². The number of carboxylic acids is 1. The molecule has 3 rings (SSSR count). The number of aromatic nitrogens is 1. The first kappa shape index (κ1) is 42.1. The summed E-state index contributed by atoms with van der Waals surface area (Å²) in [4.78, 5) is 27.5. The Morgan fingerprint density at radius 3 is 1.63 bits per heavy atom. The molecule has 3 aromatic rings. The largest absolute Gasteiger partial charge is 0.490 e. The first-order valence-corrected chi connectivity index (χ1v) is 17.6. The summed E-state index contributed by atoms with van der Waals surface area (Å²) in [7, 11) is 0. The molecule has 1 aromatic heterocycles. The van der Waals surface area contributed by atoms with E-state index in [9.17, 15) is 9.59 Å². The summed E-state index contributed by atoms with van der Waals surface area (Å²) in [6.45, 7) is 18.8. The Morgan fingerprint density at radius 2 is 1.18 bits per heavy atom. The van der Waals surface area contributed by atoms with E-state index in [-0.39, 0.29) is 11.5 Å². The molecular formula is C43H57N3O5. The number of carbonyl (C=O) groups is 2. The highest BCUT2D eigenvalue weighted by molar-refractivity contribution is 5.94. The van der Waals surface area contributed by atoms with Crippen molar-refractivity contribution in [2.24, 2.45) is 0 Å². The fourth-order valence-electron chi connectivity index (χ4n) is 4.74. The second-order valence-electron chi connectivity index (χ2n) is 13.1. The van der Waals surface area contributed by atoms with Crippen LogP contribution in [0.5, 0.6) is 11.5 Å². The fraction of sp³-hybridized carbons (Fsp3) is 0.372. The van der Waals surface area contributed by atoms with E-state index in [4.69, 9.17) is 14.6 Å². The van der Waals surface area contributed by atoms with Crippen LogP contribution in [0.3, 0.4) is 0 Å². The maximum Gasteiger partial charge on any atom is 0.335 e. The van der Waals surface area contributed by atoms with Crippen LogP contribution in [0.2, 0.25) is 0 Å². The van der Waals surface area contributed by atoms with Gasteiger partial charge < -0.3 is 25.2 Å². The predicted octanol–water partition coefficient (Wildman–Crippen LogP) is 10.1. The summed E-state index contributed by atoms with van der Waals surface area (Å²) >= 11 is 0. The molecule has 1 amide bonds. The lowest BCUT2D eigenvalue weighted by Crippen LogP contribution is -2.28.